The molecule has 0 atom stereocenters. The Morgan fingerprint density at radius 2 is 1.68 bits per heavy atom. The number of hydrogen-bond donors (Lipinski definition) is 0. The van der Waals surface area contributed by atoms with E-state index in [1.807, 2.05) is 0 Å². The van der Waals surface area contributed by atoms with Gasteiger partial charge in [0.1, 0.15) is 12.2 Å². The zero-order valence-electron chi connectivity index (χ0n) is 14.7. The van der Waals surface area contributed by atoms with Crippen molar-refractivity contribution in [3.05, 3.63) is 55.0 Å². The molecule has 2 aromatic carbocycles. The molecule has 0 aliphatic heterocycles. The van der Waals surface area contributed by atoms with E-state index in [2.05, 4.69) is 0 Å². The number of ether oxygens (including phenoxy) is 4. The predicted molar refractivity (Wildman–Crippen MR) is 103 cm³/mol. The van der Waals surface area contributed by atoms with Gasteiger partial charge in [-0.05, 0) is 12.1 Å². The maximum absolute atomic E-state index is 12.6. The van der Waals surface area contributed by atoms with Gasteiger partial charge in [0.15, 0.2) is 17.2 Å². The Morgan fingerprint density at radius 1 is 1.04 bits per heavy atom. The Morgan fingerprint density at radius 3 is 2.21 bits per heavy atom. The summed E-state index contributed by atoms with van der Waals surface area (Å²) < 4.78 is 20.6. The first-order chi connectivity index (χ1) is 13.3. The third-order valence-electron chi connectivity index (χ3n) is 3.40. The molecular formula is C17H14Cl3NO7. The lowest BCUT2D eigenvalue weighted by Crippen LogP contribution is -2.13. The maximum atomic E-state index is 12.6. The van der Waals surface area contributed by atoms with E-state index in [4.69, 9.17) is 53.8 Å². The number of carbonyl (C=O) groups excluding carboxylic acids is 1. The van der Waals surface area contributed by atoms with Crippen molar-refractivity contribution < 1.29 is 28.7 Å². The molecule has 0 N–H and O–H groups in total. The smallest absolute Gasteiger partial charge is 0.350 e. The van der Waals surface area contributed by atoms with Crippen LogP contribution in [0.5, 0.6) is 17.2 Å². The lowest BCUT2D eigenvalue weighted by molar-refractivity contribution is -0.385. The maximum Gasteiger partial charge on any atom is 0.350 e. The van der Waals surface area contributed by atoms with Gasteiger partial charge >= 0.3 is 5.97 Å². The number of esters is 1. The van der Waals surface area contributed by atoms with Crippen molar-refractivity contribution in [1.29, 1.82) is 0 Å². The molecule has 0 heterocycles. The van der Waals surface area contributed by atoms with E-state index in [1.165, 1.54) is 26.4 Å². The van der Waals surface area contributed by atoms with Crippen LogP contribution in [0.1, 0.15) is 10.4 Å². The molecule has 150 valence electrons. The zero-order chi connectivity index (χ0) is 20.8. The van der Waals surface area contributed by atoms with E-state index in [0.29, 0.717) is 0 Å². The average molecular weight is 451 g/mol. The molecule has 11 heteroatoms. The van der Waals surface area contributed by atoms with Gasteiger partial charge in [0.25, 0.3) is 5.69 Å². The summed E-state index contributed by atoms with van der Waals surface area (Å²) in [5, 5.41) is 11.6. The molecule has 0 fully saturated rings. The van der Waals surface area contributed by atoms with Crippen LogP contribution >= 0.6 is 34.8 Å². The molecule has 0 spiro atoms. The van der Waals surface area contributed by atoms with Crippen molar-refractivity contribution in [3.63, 3.8) is 0 Å². The second-order valence-electron chi connectivity index (χ2n) is 5.21. The van der Waals surface area contributed by atoms with Crippen molar-refractivity contribution in [1.82, 2.24) is 0 Å². The number of nitro groups is 1. The first kappa shape index (κ1) is 22.0. The number of nitro benzene ring substituents is 1. The highest BCUT2D eigenvalue weighted by Gasteiger charge is 2.27. The SMILES string of the molecule is COCCOc1cc([N+](=O)[O-])c(C(=O)Oc2c(Cl)cc(Cl)cc2Cl)cc1OC. The topological polar surface area (TPSA) is 97.1 Å². The zero-order valence-corrected chi connectivity index (χ0v) is 16.9. The van der Waals surface area contributed by atoms with Crippen molar-refractivity contribution in [2.75, 3.05) is 27.4 Å². The van der Waals surface area contributed by atoms with Crippen molar-refractivity contribution in [2.45, 2.75) is 0 Å². The molecule has 0 radical (unpaired) electrons. The van der Waals surface area contributed by atoms with Gasteiger partial charge in [-0.1, -0.05) is 34.8 Å². The molecule has 0 saturated heterocycles. The standard InChI is InChI=1S/C17H14Cl3NO7/c1-25-3-4-27-15-8-13(21(23)24)10(7-14(15)26-2)17(22)28-16-11(19)5-9(18)6-12(16)20/h5-8H,3-4H2,1-2H3. The largest absolute Gasteiger partial charge is 0.493 e. The average Bonchev–Trinajstić information content (AvgIpc) is 2.64. The molecule has 0 aromatic heterocycles. The molecule has 0 aliphatic rings. The summed E-state index contributed by atoms with van der Waals surface area (Å²) in [6, 6.07) is 4.84. The third kappa shape index (κ3) is 5.17. The summed E-state index contributed by atoms with van der Waals surface area (Å²) in [4.78, 5) is 23.3. The Bertz CT molecular complexity index is 882. The van der Waals surface area contributed by atoms with Gasteiger partial charge in [-0.15, -0.1) is 0 Å². The summed E-state index contributed by atoms with van der Waals surface area (Å²) in [6.07, 6.45) is 0. The highest BCUT2D eigenvalue weighted by molar-refractivity contribution is 6.40. The summed E-state index contributed by atoms with van der Waals surface area (Å²) in [6.45, 7) is 0.387. The van der Waals surface area contributed by atoms with Crippen molar-refractivity contribution in [3.8, 4) is 17.2 Å². The van der Waals surface area contributed by atoms with Gasteiger partial charge in [-0.3, -0.25) is 10.1 Å². The van der Waals surface area contributed by atoms with Crippen LogP contribution in [0.3, 0.4) is 0 Å². The van der Waals surface area contributed by atoms with Gasteiger partial charge < -0.3 is 18.9 Å². The molecular weight excluding hydrogens is 437 g/mol. The van der Waals surface area contributed by atoms with Gasteiger partial charge in [0.05, 0.1) is 34.8 Å². The first-order valence-corrected chi connectivity index (χ1v) is 8.76. The molecule has 28 heavy (non-hydrogen) atoms. The Kier molecular flexibility index (Phi) is 7.70. The number of rotatable bonds is 8. The van der Waals surface area contributed by atoms with E-state index < -0.39 is 16.6 Å². The van der Waals surface area contributed by atoms with E-state index in [0.717, 1.165) is 12.1 Å². The number of methoxy groups -OCH3 is 2. The second kappa shape index (κ2) is 9.79. The number of hydrogen-bond acceptors (Lipinski definition) is 7. The lowest BCUT2D eigenvalue weighted by atomic mass is 10.1. The van der Waals surface area contributed by atoms with Crippen LogP contribution in [0.25, 0.3) is 0 Å². The summed E-state index contributed by atoms with van der Waals surface area (Å²) in [5.74, 6) is -1.06. The quantitative estimate of drug-likeness (QED) is 0.187. The predicted octanol–water partition coefficient (Wildman–Crippen LogP) is 4.81. The highest BCUT2D eigenvalue weighted by Crippen LogP contribution is 2.38. The van der Waals surface area contributed by atoms with E-state index >= 15 is 0 Å². The van der Waals surface area contributed by atoms with Crippen LogP contribution in [0.2, 0.25) is 15.1 Å². The monoisotopic (exact) mass is 449 g/mol. The fourth-order valence-electron chi connectivity index (χ4n) is 2.15. The molecule has 0 aliphatic carbocycles. The number of benzene rings is 2. The summed E-state index contributed by atoms with van der Waals surface area (Å²) >= 11 is 17.8. The molecule has 0 unspecified atom stereocenters. The normalized spacial score (nSPS) is 10.5. The molecule has 8 nitrogen and oxygen atoms in total. The van der Waals surface area contributed by atoms with Crippen LogP contribution in [-0.2, 0) is 4.74 Å². The van der Waals surface area contributed by atoms with Crippen LogP contribution in [-0.4, -0.2) is 38.3 Å². The summed E-state index contributed by atoms with van der Waals surface area (Å²) in [5.41, 5.74) is -0.914. The molecule has 0 amide bonds. The minimum Gasteiger partial charge on any atom is -0.493 e. The third-order valence-corrected chi connectivity index (χ3v) is 4.18. The van der Waals surface area contributed by atoms with Crippen LogP contribution in [0.4, 0.5) is 5.69 Å². The van der Waals surface area contributed by atoms with Gasteiger partial charge in [0.2, 0.25) is 0 Å². The van der Waals surface area contributed by atoms with E-state index in [1.54, 1.807) is 0 Å². The lowest BCUT2D eigenvalue weighted by Gasteiger charge is -2.13. The number of nitrogens with zero attached hydrogens (tertiary/aromatic N) is 1. The molecule has 2 rings (SSSR count). The fourth-order valence-corrected chi connectivity index (χ4v) is 3.04. The number of carbonyl (C=O) groups is 1. The second-order valence-corrected chi connectivity index (χ2v) is 6.46. The van der Waals surface area contributed by atoms with Gasteiger partial charge in [0, 0.05) is 18.2 Å². The summed E-state index contributed by atoms with van der Waals surface area (Å²) in [7, 11) is 2.81. The molecule has 0 bridgehead atoms. The fraction of sp³-hybridized carbons (Fsp3) is 0.235. The van der Waals surface area contributed by atoms with E-state index in [-0.39, 0.29) is 51.1 Å². The Hall–Kier alpha value is -2.26. The van der Waals surface area contributed by atoms with Gasteiger partial charge in [-0.25, -0.2) is 4.79 Å². The van der Waals surface area contributed by atoms with Crippen LogP contribution in [0, 0.1) is 10.1 Å². The Balaban J connectivity index is 2.43. The van der Waals surface area contributed by atoms with Crippen molar-refractivity contribution >= 4 is 46.5 Å². The van der Waals surface area contributed by atoms with E-state index in [9.17, 15) is 14.9 Å². The number of halogens is 3. The first-order valence-electron chi connectivity index (χ1n) is 7.63. The minimum atomic E-state index is -1.06. The van der Waals surface area contributed by atoms with Crippen molar-refractivity contribution in [2.24, 2.45) is 0 Å². The van der Waals surface area contributed by atoms with Crippen LogP contribution < -0.4 is 14.2 Å². The minimum absolute atomic E-state index is 0.0278. The molecule has 0 saturated carbocycles. The van der Waals surface area contributed by atoms with Gasteiger partial charge in [-0.2, -0.15) is 0 Å². The molecule has 2 aromatic rings. The Labute approximate surface area is 174 Å². The highest BCUT2D eigenvalue weighted by atomic mass is 35.5. The van der Waals surface area contributed by atoms with Crippen LogP contribution in [0.15, 0.2) is 24.3 Å².